The van der Waals surface area contributed by atoms with Crippen LogP contribution in [0.4, 0.5) is 4.39 Å². The summed E-state index contributed by atoms with van der Waals surface area (Å²) in [6, 6.07) is 5.25. The SMILES string of the molecule is CC(C)c1ccc(C(C)CCC(=O)NC=O)cc1F. The van der Waals surface area contributed by atoms with Gasteiger partial charge in [0.1, 0.15) is 5.82 Å². The van der Waals surface area contributed by atoms with Crippen LogP contribution < -0.4 is 5.32 Å². The molecule has 1 aromatic rings. The van der Waals surface area contributed by atoms with Gasteiger partial charge in [-0.05, 0) is 35.4 Å². The van der Waals surface area contributed by atoms with E-state index in [0.717, 1.165) is 5.56 Å². The van der Waals surface area contributed by atoms with Gasteiger partial charge in [0.15, 0.2) is 0 Å². The standard InChI is InChI=1S/C15H20FNO2/c1-10(2)13-6-5-12(8-14(13)16)11(3)4-7-15(19)17-9-18/h5-6,8-11H,4,7H2,1-3H3,(H,17,18,19). The molecule has 1 aromatic carbocycles. The Balaban J connectivity index is 2.67. The number of carbonyl (C=O) groups excluding carboxylic acids is 2. The molecule has 0 aliphatic heterocycles. The average molecular weight is 265 g/mol. The average Bonchev–Trinajstić information content (AvgIpc) is 2.35. The second-order valence-corrected chi connectivity index (χ2v) is 5.06. The molecule has 1 rings (SSSR count). The lowest BCUT2D eigenvalue weighted by molar-refractivity contribution is -0.125. The van der Waals surface area contributed by atoms with E-state index < -0.39 is 0 Å². The Hall–Kier alpha value is -1.71. The van der Waals surface area contributed by atoms with Crippen molar-refractivity contribution >= 4 is 12.3 Å². The van der Waals surface area contributed by atoms with Crippen molar-refractivity contribution in [2.45, 2.75) is 45.4 Å². The molecule has 4 heteroatoms. The van der Waals surface area contributed by atoms with Crippen LogP contribution in [0.2, 0.25) is 0 Å². The van der Waals surface area contributed by atoms with Crippen LogP contribution in [-0.2, 0) is 9.59 Å². The molecular formula is C15H20FNO2. The van der Waals surface area contributed by atoms with Crippen LogP contribution in [0, 0.1) is 5.82 Å². The summed E-state index contributed by atoms with van der Waals surface area (Å²) in [6.45, 7) is 5.84. The van der Waals surface area contributed by atoms with Gasteiger partial charge in [-0.15, -0.1) is 0 Å². The van der Waals surface area contributed by atoms with E-state index in [4.69, 9.17) is 0 Å². The predicted molar refractivity (Wildman–Crippen MR) is 72.3 cm³/mol. The van der Waals surface area contributed by atoms with Crippen LogP contribution in [0.15, 0.2) is 18.2 Å². The van der Waals surface area contributed by atoms with E-state index >= 15 is 0 Å². The maximum absolute atomic E-state index is 13.9. The number of hydrogen-bond acceptors (Lipinski definition) is 2. The first kappa shape index (κ1) is 15.3. The number of halogens is 1. The summed E-state index contributed by atoms with van der Waals surface area (Å²) in [4.78, 5) is 21.3. The Kier molecular flexibility index (Phi) is 5.67. The number of hydrogen-bond donors (Lipinski definition) is 1. The highest BCUT2D eigenvalue weighted by molar-refractivity contribution is 5.85. The van der Waals surface area contributed by atoms with E-state index in [0.29, 0.717) is 18.4 Å². The molecule has 3 nitrogen and oxygen atoms in total. The molecule has 0 heterocycles. The van der Waals surface area contributed by atoms with Gasteiger partial charge in [-0.25, -0.2) is 4.39 Å². The summed E-state index contributed by atoms with van der Waals surface area (Å²) in [5.41, 5.74) is 1.58. The van der Waals surface area contributed by atoms with Gasteiger partial charge < -0.3 is 0 Å². The van der Waals surface area contributed by atoms with E-state index in [1.807, 2.05) is 26.8 Å². The third kappa shape index (κ3) is 4.47. The van der Waals surface area contributed by atoms with Gasteiger partial charge in [-0.2, -0.15) is 0 Å². The molecule has 104 valence electrons. The third-order valence-corrected chi connectivity index (χ3v) is 3.24. The second kappa shape index (κ2) is 7.02. The molecule has 0 bridgehead atoms. The fourth-order valence-electron chi connectivity index (χ4n) is 1.97. The fourth-order valence-corrected chi connectivity index (χ4v) is 1.97. The molecular weight excluding hydrogens is 245 g/mol. The smallest absolute Gasteiger partial charge is 0.226 e. The highest BCUT2D eigenvalue weighted by Gasteiger charge is 2.12. The van der Waals surface area contributed by atoms with Crippen molar-refractivity contribution in [2.75, 3.05) is 0 Å². The van der Waals surface area contributed by atoms with Gasteiger partial charge in [0.25, 0.3) is 0 Å². The second-order valence-electron chi connectivity index (χ2n) is 5.06. The number of imide groups is 1. The summed E-state index contributed by atoms with van der Waals surface area (Å²) in [5.74, 6) is -0.270. The lowest BCUT2D eigenvalue weighted by atomic mass is 9.93. The Bertz CT molecular complexity index is 457. The van der Waals surface area contributed by atoms with E-state index in [1.54, 1.807) is 6.07 Å². The van der Waals surface area contributed by atoms with Gasteiger partial charge in [-0.3, -0.25) is 14.9 Å². The lowest BCUT2D eigenvalue weighted by Crippen LogP contribution is -2.21. The Morgan fingerprint density at radius 1 is 1.37 bits per heavy atom. The normalized spacial score (nSPS) is 12.3. The molecule has 1 atom stereocenters. The first-order valence-corrected chi connectivity index (χ1v) is 6.48. The zero-order chi connectivity index (χ0) is 14.4. The number of carbonyl (C=O) groups is 2. The third-order valence-electron chi connectivity index (χ3n) is 3.24. The number of nitrogens with one attached hydrogen (secondary N) is 1. The maximum Gasteiger partial charge on any atom is 0.226 e. The molecule has 0 spiro atoms. The van der Waals surface area contributed by atoms with Gasteiger partial charge in [0.05, 0.1) is 0 Å². The van der Waals surface area contributed by atoms with Crippen molar-refractivity contribution in [1.29, 1.82) is 0 Å². The number of benzene rings is 1. The van der Waals surface area contributed by atoms with Crippen LogP contribution in [0.3, 0.4) is 0 Å². The highest BCUT2D eigenvalue weighted by atomic mass is 19.1. The summed E-state index contributed by atoms with van der Waals surface area (Å²) in [5, 5.41) is 2.09. The molecule has 1 unspecified atom stereocenters. The van der Waals surface area contributed by atoms with E-state index in [2.05, 4.69) is 5.32 Å². The van der Waals surface area contributed by atoms with Crippen molar-refractivity contribution < 1.29 is 14.0 Å². The molecule has 19 heavy (non-hydrogen) atoms. The molecule has 0 fully saturated rings. The molecule has 2 amide bonds. The van der Waals surface area contributed by atoms with Crippen LogP contribution >= 0.6 is 0 Å². The van der Waals surface area contributed by atoms with Crippen LogP contribution in [0.1, 0.15) is 56.6 Å². The minimum atomic E-state index is -0.305. The molecule has 0 aromatic heterocycles. The summed E-state index contributed by atoms with van der Waals surface area (Å²) in [7, 11) is 0. The maximum atomic E-state index is 13.9. The molecule has 1 N–H and O–H groups in total. The highest BCUT2D eigenvalue weighted by Crippen LogP contribution is 2.25. The topological polar surface area (TPSA) is 46.2 Å². The van der Waals surface area contributed by atoms with Gasteiger partial charge >= 0.3 is 0 Å². The quantitative estimate of drug-likeness (QED) is 0.803. The first-order chi connectivity index (χ1) is 8.95. The van der Waals surface area contributed by atoms with E-state index in [9.17, 15) is 14.0 Å². The fraction of sp³-hybridized carbons (Fsp3) is 0.467. The Morgan fingerprint density at radius 3 is 2.58 bits per heavy atom. The van der Waals surface area contributed by atoms with Gasteiger partial charge in [0.2, 0.25) is 12.3 Å². The molecule has 0 saturated heterocycles. The Labute approximate surface area is 113 Å². The summed E-state index contributed by atoms with van der Waals surface area (Å²) < 4.78 is 13.9. The molecule has 0 aliphatic rings. The van der Waals surface area contributed by atoms with Crippen molar-refractivity contribution in [3.63, 3.8) is 0 Å². The molecule has 0 radical (unpaired) electrons. The Morgan fingerprint density at radius 2 is 2.05 bits per heavy atom. The van der Waals surface area contributed by atoms with Gasteiger partial charge in [-0.1, -0.05) is 32.9 Å². The summed E-state index contributed by atoms with van der Waals surface area (Å²) in [6.07, 6.45) is 1.22. The molecule has 0 saturated carbocycles. The molecule has 0 aliphatic carbocycles. The number of amides is 2. The minimum absolute atomic E-state index is 0.0770. The van der Waals surface area contributed by atoms with Gasteiger partial charge in [0, 0.05) is 6.42 Å². The van der Waals surface area contributed by atoms with Crippen molar-refractivity contribution in [3.05, 3.63) is 35.1 Å². The van der Waals surface area contributed by atoms with E-state index in [-0.39, 0.29) is 30.0 Å². The van der Waals surface area contributed by atoms with Crippen LogP contribution in [0.25, 0.3) is 0 Å². The van der Waals surface area contributed by atoms with Crippen molar-refractivity contribution in [2.24, 2.45) is 0 Å². The zero-order valence-corrected chi connectivity index (χ0v) is 11.6. The predicted octanol–water partition coefficient (Wildman–Crippen LogP) is 3.11. The zero-order valence-electron chi connectivity index (χ0n) is 11.6. The lowest BCUT2D eigenvalue weighted by Gasteiger charge is -2.14. The minimum Gasteiger partial charge on any atom is -0.299 e. The monoisotopic (exact) mass is 265 g/mol. The van der Waals surface area contributed by atoms with E-state index in [1.165, 1.54) is 6.07 Å². The van der Waals surface area contributed by atoms with Crippen LogP contribution in [0.5, 0.6) is 0 Å². The van der Waals surface area contributed by atoms with Crippen LogP contribution in [-0.4, -0.2) is 12.3 Å². The first-order valence-electron chi connectivity index (χ1n) is 6.48. The largest absolute Gasteiger partial charge is 0.299 e. The summed E-state index contributed by atoms with van der Waals surface area (Å²) >= 11 is 0. The van der Waals surface area contributed by atoms with Crippen molar-refractivity contribution in [3.8, 4) is 0 Å². The number of rotatable bonds is 6. The van der Waals surface area contributed by atoms with Crippen molar-refractivity contribution in [1.82, 2.24) is 5.32 Å².